The molecule has 3 unspecified atom stereocenters. The third-order valence-electron chi connectivity index (χ3n) is 5.77. The topological polar surface area (TPSA) is 81.2 Å². The average molecular weight is 469 g/mol. The smallest absolute Gasteiger partial charge is 0.234 e. The number of fused-ring (bicyclic) bond motifs is 3. The first-order chi connectivity index (χ1) is 16.1. The molecule has 3 aliphatic rings. The summed E-state index contributed by atoms with van der Waals surface area (Å²) in [5.74, 6) is 0.517. The quantitative estimate of drug-likeness (QED) is 0.601. The van der Waals surface area contributed by atoms with Crippen LogP contribution in [0.15, 0.2) is 66.0 Å². The van der Waals surface area contributed by atoms with E-state index in [0.29, 0.717) is 18.0 Å². The number of ether oxygens (including phenoxy) is 1. The van der Waals surface area contributed by atoms with Gasteiger partial charge in [-0.1, -0.05) is 36.0 Å². The minimum Gasteiger partial charge on any atom is -0.492 e. The van der Waals surface area contributed by atoms with Gasteiger partial charge in [-0.05, 0) is 43.2 Å². The highest BCUT2D eigenvalue weighted by Gasteiger charge is 2.44. The second kappa shape index (κ2) is 9.32. The van der Waals surface area contributed by atoms with E-state index in [4.69, 9.17) is 4.74 Å². The molecule has 1 fully saturated rings. The predicted octanol–water partition coefficient (Wildman–Crippen LogP) is 3.20. The summed E-state index contributed by atoms with van der Waals surface area (Å²) in [4.78, 5) is 14.6. The van der Waals surface area contributed by atoms with Crippen LogP contribution in [0, 0.1) is 5.82 Å². The third kappa shape index (κ3) is 4.49. The van der Waals surface area contributed by atoms with Gasteiger partial charge in [-0.15, -0.1) is 0 Å². The number of thioether (sulfide) groups is 1. The molecule has 8 nitrogen and oxygen atoms in total. The van der Waals surface area contributed by atoms with E-state index in [1.54, 1.807) is 0 Å². The van der Waals surface area contributed by atoms with Gasteiger partial charge in [0.15, 0.2) is 5.17 Å². The van der Waals surface area contributed by atoms with E-state index in [1.165, 1.54) is 23.9 Å². The minimum atomic E-state index is -0.238. The van der Waals surface area contributed by atoms with Crippen molar-refractivity contribution in [2.24, 2.45) is 5.10 Å². The number of amidine groups is 1. The number of hydrazine groups is 1. The van der Waals surface area contributed by atoms with Crippen LogP contribution >= 0.6 is 11.8 Å². The number of anilines is 1. The summed E-state index contributed by atoms with van der Waals surface area (Å²) >= 11 is 1.38. The standard InChI is InChI=1S/C23H25FN6O2S/c1-2-32-20-6-4-3-5-17(20)25-21(31)14-33-23-27-26-22-19-13-18(15-7-9-16(24)10-8-15)28-30(19)12-11-29(22)23/h3-12,18-19,22,26,28H,2,13-14H2,1H3,(H,25,31). The number of hydrazone groups is 1. The molecule has 1 amide bonds. The Hall–Kier alpha value is -3.24. The largest absolute Gasteiger partial charge is 0.492 e. The van der Waals surface area contributed by atoms with Crippen molar-refractivity contribution in [2.45, 2.75) is 31.6 Å². The van der Waals surface area contributed by atoms with Crippen molar-refractivity contribution < 1.29 is 13.9 Å². The molecule has 0 aliphatic carbocycles. The molecule has 3 atom stereocenters. The molecule has 2 aromatic carbocycles. The van der Waals surface area contributed by atoms with Crippen molar-refractivity contribution in [3.05, 3.63) is 72.3 Å². The van der Waals surface area contributed by atoms with Crippen molar-refractivity contribution in [3.63, 3.8) is 0 Å². The molecule has 0 bridgehead atoms. The Bertz CT molecular complexity index is 1080. The monoisotopic (exact) mass is 468 g/mol. The highest BCUT2D eigenvalue weighted by Crippen LogP contribution is 2.35. The first kappa shape index (κ1) is 21.6. The Balaban J connectivity index is 1.18. The van der Waals surface area contributed by atoms with Crippen LogP contribution in [0.5, 0.6) is 5.75 Å². The van der Waals surface area contributed by atoms with Crippen LogP contribution < -0.4 is 20.9 Å². The summed E-state index contributed by atoms with van der Waals surface area (Å²) in [5, 5.41) is 10.2. The second-order valence-electron chi connectivity index (χ2n) is 7.88. The van der Waals surface area contributed by atoms with Crippen molar-refractivity contribution in [3.8, 4) is 5.75 Å². The lowest BCUT2D eigenvalue weighted by Crippen LogP contribution is -2.54. The van der Waals surface area contributed by atoms with Gasteiger partial charge in [-0.25, -0.2) is 9.82 Å². The highest BCUT2D eigenvalue weighted by molar-refractivity contribution is 8.14. The zero-order valence-electron chi connectivity index (χ0n) is 18.1. The van der Waals surface area contributed by atoms with E-state index in [0.717, 1.165) is 17.2 Å². The van der Waals surface area contributed by atoms with Crippen molar-refractivity contribution in [2.75, 3.05) is 17.7 Å². The lowest BCUT2D eigenvalue weighted by Gasteiger charge is -2.36. The van der Waals surface area contributed by atoms with Gasteiger partial charge in [0.2, 0.25) is 5.91 Å². The Morgan fingerprint density at radius 2 is 2.06 bits per heavy atom. The first-order valence-electron chi connectivity index (χ1n) is 10.9. The number of carbonyl (C=O) groups excluding carboxylic acids is 1. The molecular weight excluding hydrogens is 443 g/mol. The molecule has 0 saturated carbocycles. The van der Waals surface area contributed by atoms with Gasteiger partial charge in [-0.2, -0.15) is 5.10 Å². The molecule has 3 heterocycles. The average Bonchev–Trinajstić information content (AvgIpc) is 3.43. The highest BCUT2D eigenvalue weighted by atomic mass is 32.2. The Labute approximate surface area is 195 Å². The third-order valence-corrected chi connectivity index (χ3v) is 6.74. The van der Waals surface area contributed by atoms with Crippen LogP contribution in [0.25, 0.3) is 0 Å². The molecule has 3 aliphatic heterocycles. The van der Waals surface area contributed by atoms with E-state index in [2.05, 4.69) is 31.2 Å². The fourth-order valence-electron chi connectivity index (χ4n) is 4.23. The second-order valence-corrected chi connectivity index (χ2v) is 8.83. The zero-order valence-corrected chi connectivity index (χ0v) is 18.9. The maximum absolute atomic E-state index is 13.3. The Kier molecular flexibility index (Phi) is 6.10. The van der Waals surface area contributed by atoms with Gasteiger partial charge >= 0.3 is 0 Å². The van der Waals surface area contributed by atoms with Gasteiger partial charge in [0.1, 0.15) is 17.7 Å². The maximum Gasteiger partial charge on any atom is 0.234 e. The van der Waals surface area contributed by atoms with Gasteiger partial charge in [0.25, 0.3) is 0 Å². The van der Waals surface area contributed by atoms with Crippen molar-refractivity contribution >= 4 is 28.5 Å². The van der Waals surface area contributed by atoms with Crippen LogP contribution in [0.3, 0.4) is 0 Å². The van der Waals surface area contributed by atoms with E-state index in [-0.39, 0.29) is 35.7 Å². The van der Waals surface area contributed by atoms with E-state index < -0.39 is 0 Å². The number of amides is 1. The van der Waals surface area contributed by atoms with Gasteiger partial charge in [0, 0.05) is 12.4 Å². The van der Waals surface area contributed by atoms with E-state index in [9.17, 15) is 9.18 Å². The molecular formula is C23H25FN6O2S. The van der Waals surface area contributed by atoms with Crippen LogP contribution in [0.1, 0.15) is 24.9 Å². The summed E-state index contributed by atoms with van der Waals surface area (Å²) in [5.41, 5.74) is 8.39. The molecule has 3 N–H and O–H groups in total. The number of hydrogen-bond acceptors (Lipinski definition) is 8. The molecule has 2 aromatic rings. The van der Waals surface area contributed by atoms with Crippen LogP contribution in [0.2, 0.25) is 0 Å². The number of nitrogens with one attached hydrogen (secondary N) is 3. The molecule has 172 valence electrons. The number of hydrogen-bond donors (Lipinski definition) is 3. The lowest BCUT2D eigenvalue weighted by atomic mass is 10.00. The van der Waals surface area contributed by atoms with Crippen LogP contribution in [0.4, 0.5) is 10.1 Å². The molecule has 0 spiro atoms. The first-order valence-corrected chi connectivity index (χ1v) is 11.9. The molecule has 0 aromatic heterocycles. The van der Waals surface area contributed by atoms with Gasteiger partial charge < -0.3 is 20.0 Å². The van der Waals surface area contributed by atoms with Crippen molar-refractivity contribution in [1.29, 1.82) is 0 Å². The molecule has 0 radical (unpaired) electrons. The van der Waals surface area contributed by atoms with E-state index in [1.807, 2.05) is 55.7 Å². The van der Waals surface area contributed by atoms with Crippen molar-refractivity contribution in [1.82, 2.24) is 20.8 Å². The van der Waals surface area contributed by atoms with Gasteiger partial charge in [0.05, 0.1) is 30.1 Å². The summed E-state index contributed by atoms with van der Waals surface area (Å²) in [6.45, 7) is 2.44. The Morgan fingerprint density at radius 1 is 1.24 bits per heavy atom. The summed E-state index contributed by atoms with van der Waals surface area (Å²) < 4.78 is 18.9. The SMILES string of the molecule is CCOc1ccccc1NC(=O)CSC1=NNC2C3CC(c4ccc(F)cc4)NN3C=CN12. The maximum atomic E-state index is 13.3. The summed E-state index contributed by atoms with van der Waals surface area (Å²) in [6, 6.07) is 14.2. The fraction of sp³-hybridized carbons (Fsp3) is 0.304. The number of carbonyl (C=O) groups is 1. The number of nitrogens with zero attached hydrogens (tertiary/aromatic N) is 3. The van der Waals surface area contributed by atoms with Crippen LogP contribution in [-0.2, 0) is 4.79 Å². The fourth-order valence-corrected chi connectivity index (χ4v) is 5.00. The van der Waals surface area contributed by atoms with Crippen LogP contribution in [-0.4, -0.2) is 45.6 Å². The number of benzene rings is 2. The number of halogens is 1. The molecule has 10 heteroatoms. The molecule has 1 saturated heterocycles. The predicted molar refractivity (Wildman–Crippen MR) is 127 cm³/mol. The van der Waals surface area contributed by atoms with Gasteiger partial charge in [-0.3, -0.25) is 10.2 Å². The number of rotatable bonds is 6. The van der Waals surface area contributed by atoms with E-state index >= 15 is 0 Å². The minimum absolute atomic E-state index is 0.0443. The molecule has 5 rings (SSSR count). The summed E-state index contributed by atoms with van der Waals surface area (Å²) in [7, 11) is 0. The normalized spacial score (nSPS) is 23.0. The molecule has 33 heavy (non-hydrogen) atoms. The lowest BCUT2D eigenvalue weighted by molar-refractivity contribution is -0.113. The Morgan fingerprint density at radius 3 is 2.88 bits per heavy atom. The summed E-state index contributed by atoms with van der Waals surface area (Å²) in [6.07, 6.45) is 4.73. The zero-order chi connectivity index (χ0) is 22.8. The number of para-hydroxylation sites is 2.